The van der Waals surface area contributed by atoms with Gasteiger partial charge < -0.3 is 34.3 Å². The van der Waals surface area contributed by atoms with Crippen molar-refractivity contribution in [3.8, 4) is 11.8 Å². The average Bonchev–Trinajstić information content (AvgIpc) is 3.14. The molecule has 1 aromatic carbocycles. The molecule has 0 spiro atoms. The van der Waals surface area contributed by atoms with Gasteiger partial charge in [0.15, 0.2) is 11.3 Å². The molecule has 3 aliphatic heterocycles. The Balaban J connectivity index is 1.86. The Morgan fingerprint density at radius 3 is 2.71 bits per heavy atom. The lowest BCUT2D eigenvalue weighted by Crippen LogP contribution is -2.69. The third-order valence-electron chi connectivity index (χ3n) is 7.55. The summed E-state index contributed by atoms with van der Waals surface area (Å²) in [4.78, 5) is 14.8. The van der Waals surface area contributed by atoms with Gasteiger partial charge in [-0.05, 0) is 43.7 Å². The Labute approximate surface area is 205 Å². The van der Waals surface area contributed by atoms with Crippen LogP contribution in [0.25, 0.3) is 0 Å². The maximum Gasteiger partial charge on any atom is 0.337 e. The summed E-state index contributed by atoms with van der Waals surface area (Å²) in [5, 5.41) is 25.3. The van der Waals surface area contributed by atoms with E-state index in [0.29, 0.717) is 47.7 Å². The molecule has 5 atom stereocenters. The number of nitriles is 1. The van der Waals surface area contributed by atoms with Crippen LogP contribution in [0.2, 0.25) is 0 Å². The molecule has 1 aromatic rings. The summed E-state index contributed by atoms with van der Waals surface area (Å²) in [6.45, 7) is 4.92. The van der Waals surface area contributed by atoms with Crippen molar-refractivity contribution in [3.63, 3.8) is 0 Å². The molecule has 1 fully saturated rings. The van der Waals surface area contributed by atoms with Crippen molar-refractivity contribution in [2.75, 3.05) is 39.8 Å². The molecule has 0 bridgehead atoms. The SMILES string of the molecule is CCO[C@]12C=CN3C[C@@H](CC)[C@@H](/C(=C\OC)C(=O)OC)C[C@H]3[C@@]1(O)Nc1cc(C#N)cc(OC)c12. The van der Waals surface area contributed by atoms with E-state index in [9.17, 15) is 15.2 Å². The van der Waals surface area contributed by atoms with Crippen LogP contribution in [0.1, 0.15) is 37.8 Å². The normalized spacial score (nSPS) is 30.9. The zero-order valence-corrected chi connectivity index (χ0v) is 20.8. The first-order valence-electron chi connectivity index (χ1n) is 11.9. The number of ether oxygens (including phenoxy) is 4. The summed E-state index contributed by atoms with van der Waals surface area (Å²) < 4.78 is 22.3. The Kier molecular flexibility index (Phi) is 6.71. The number of carbonyl (C=O) groups excluding carboxylic acids is 1. The minimum Gasteiger partial charge on any atom is -0.504 e. The van der Waals surface area contributed by atoms with E-state index in [1.54, 1.807) is 12.1 Å². The van der Waals surface area contributed by atoms with E-state index in [2.05, 4.69) is 23.2 Å². The Morgan fingerprint density at radius 2 is 2.11 bits per heavy atom. The summed E-state index contributed by atoms with van der Waals surface area (Å²) in [6.07, 6.45) is 6.58. The number of fused-ring (bicyclic) bond motifs is 5. The smallest absolute Gasteiger partial charge is 0.337 e. The van der Waals surface area contributed by atoms with Gasteiger partial charge in [-0.25, -0.2) is 4.79 Å². The van der Waals surface area contributed by atoms with Gasteiger partial charge in [0.25, 0.3) is 0 Å². The first-order chi connectivity index (χ1) is 16.8. The van der Waals surface area contributed by atoms with Crippen LogP contribution in [-0.4, -0.2) is 62.2 Å². The predicted molar refractivity (Wildman–Crippen MR) is 128 cm³/mol. The highest BCUT2D eigenvalue weighted by atomic mass is 16.5. The number of rotatable bonds is 7. The number of carbonyl (C=O) groups is 1. The fourth-order valence-corrected chi connectivity index (χ4v) is 6.01. The Bertz CT molecular complexity index is 1100. The first kappa shape index (κ1) is 24.9. The fourth-order valence-electron chi connectivity index (χ4n) is 6.01. The van der Waals surface area contributed by atoms with E-state index in [4.69, 9.17) is 18.9 Å². The largest absolute Gasteiger partial charge is 0.504 e. The molecule has 35 heavy (non-hydrogen) atoms. The monoisotopic (exact) mass is 483 g/mol. The van der Waals surface area contributed by atoms with Crippen LogP contribution < -0.4 is 10.1 Å². The topological polar surface area (TPSA) is 113 Å². The van der Waals surface area contributed by atoms with Crippen LogP contribution >= 0.6 is 0 Å². The molecule has 2 N–H and O–H groups in total. The zero-order chi connectivity index (χ0) is 25.4. The number of esters is 1. The van der Waals surface area contributed by atoms with Gasteiger partial charge in [0.1, 0.15) is 5.75 Å². The minimum absolute atomic E-state index is 0.142. The molecule has 0 radical (unpaired) electrons. The van der Waals surface area contributed by atoms with E-state index in [1.165, 1.54) is 27.6 Å². The van der Waals surface area contributed by atoms with Gasteiger partial charge >= 0.3 is 5.97 Å². The van der Waals surface area contributed by atoms with Crippen LogP contribution in [0.15, 0.2) is 36.2 Å². The van der Waals surface area contributed by atoms with Gasteiger partial charge in [-0.3, -0.25) is 0 Å². The maximum absolute atomic E-state index is 12.7. The van der Waals surface area contributed by atoms with Crippen LogP contribution in [-0.2, 0) is 24.6 Å². The number of hydrogen-bond acceptors (Lipinski definition) is 9. The number of methoxy groups -OCH3 is 3. The number of anilines is 1. The van der Waals surface area contributed by atoms with Gasteiger partial charge in [-0.15, -0.1) is 0 Å². The summed E-state index contributed by atoms with van der Waals surface area (Å²) in [7, 11) is 4.39. The summed E-state index contributed by atoms with van der Waals surface area (Å²) >= 11 is 0. The van der Waals surface area contributed by atoms with Gasteiger partial charge in [0, 0.05) is 24.8 Å². The molecule has 188 valence electrons. The maximum atomic E-state index is 12.7. The molecule has 3 heterocycles. The van der Waals surface area contributed by atoms with E-state index < -0.39 is 23.3 Å². The molecular formula is C26H33N3O6. The second-order valence-corrected chi connectivity index (χ2v) is 9.11. The van der Waals surface area contributed by atoms with E-state index in [1.807, 2.05) is 19.2 Å². The number of nitrogens with one attached hydrogen (secondary N) is 1. The summed E-state index contributed by atoms with van der Waals surface area (Å²) in [5.41, 5.74) is -0.760. The first-order valence-corrected chi connectivity index (χ1v) is 11.9. The molecule has 0 aromatic heterocycles. The molecule has 0 aliphatic carbocycles. The quantitative estimate of drug-likeness (QED) is 0.343. The number of aliphatic hydroxyl groups is 1. The van der Waals surface area contributed by atoms with Crippen molar-refractivity contribution in [1.29, 1.82) is 5.26 Å². The second kappa shape index (κ2) is 9.44. The summed E-state index contributed by atoms with van der Waals surface area (Å²) in [5.74, 6) is -0.0443. The van der Waals surface area contributed by atoms with E-state index >= 15 is 0 Å². The number of nitrogens with zero attached hydrogens (tertiary/aromatic N) is 2. The highest BCUT2D eigenvalue weighted by Crippen LogP contribution is 2.58. The Morgan fingerprint density at radius 1 is 1.34 bits per heavy atom. The summed E-state index contributed by atoms with van der Waals surface area (Å²) in [6, 6.07) is 5.05. The lowest BCUT2D eigenvalue weighted by Gasteiger charge is -2.56. The van der Waals surface area contributed by atoms with Crippen LogP contribution in [0.5, 0.6) is 5.75 Å². The van der Waals surface area contributed by atoms with Crippen molar-refractivity contribution in [2.24, 2.45) is 11.8 Å². The predicted octanol–water partition coefficient (Wildman–Crippen LogP) is 2.86. The third-order valence-corrected chi connectivity index (χ3v) is 7.55. The van der Waals surface area contributed by atoms with Crippen molar-refractivity contribution in [3.05, 3.63) is 47.4 Å². The zero-order valence-electron chi connectivity index (χ0n) is 20.8. The molecule has 0 unspecified atom stereocenters. The highest BCUT2D eigenvalue weighted by molar-refractivity contribution is 5.88. The van der Waals surface area contributed by atoms with Gasteiger partial charge in [0.05, 0.1) is 56.4 Å². The van der Waals surface area contributed by atoms with Crippen molar-refractivity contribution in [2.45, 2.75) is 44.1 Å². The molecule has 9 nitrogen and oxygen atoms in total. The fraction of sp³-hybridized carbons (Fsp3) is 0.538. The minimum atomic E-state index is -1.59. The van der Waals surface area contributed by atoms with E-state index in [0.717, 1.165) is 6.42 Å². The van der Waals surface area contributed by atoms with Gasteiger partial charge in [-0.1, -0.05) is 13.3 Å². The second-order valence-electron chi connectivity index (χ2n) is 9.11. The number of benzene rings is 1. The molecular weight excluding hydrogens is 450 g/mol. The molecule has 0 amide bonds. The lowest BCUT2D eigenvalue weighted by molar-refractivity contribution is -0.187. The van der Waals surface area contributed by atoms with Crippen molar-refractivity contribution in [1.82, 2.24) is 4.90 Å². The van der Waals surface area contributed by atoms with Gasteiger partial charge in [0.2, 0.25) is 0 Å². The molecule has 1 saturated heterocycles. The lowest BCUT2D eigenvalue weighted by atomic mass is 9.69. The number of piperidine rings is 1. The molecule has 9 heteroatoms. The molecule has 4 rings (SSSR count). The highest BCUT2D eigenvalue weighted by Gasteiger charge is 2.66. The van der Waals surface area contributed by atoms with Gasteiger partial charge in [-0.2, -0.15) is 5.26 Å². The Hall–Kier alpha value is -3.22. The van der Waals surface area contributed by atoms with Crippen LogP contribution in [0.3, 0.4) is 0 Å². The third kappa shape index (κ3) is 3.63. The molecule has 0 saturated carbocycles. The van der Waals surface area contributed by atoms with Crippen LogP contribution in [0.4, 0.5) is 5.69 Å². The average molecular weight is 484 g/mol. The van der Waals surface area contributed by atoms with Crippen LogP contribution in [0, 0.1) is 23.2 Å². The van der Waals surface area contributed by atoms with Crippen molar-refractivity contribution >= 4 is 11.7 Å². The molecule has 3 aliphatic rings. The standard InChI is InChI=1S/C26H33N3O6/c1-6-17-14-29-9-8-25(35-7-2)23-20(10-16(13-27)11-21(23)33-4)28-26(25,31)22(29)12-18(17)19(15-32-3)24(30)34-5/h8-11,15,17-18,22,28,31H,6-7,12,14H2,1-5H3/b19-15+/t17-,18+,22+,25+,26+/m1/s1. The number of hydrogen-bond donors (Lipinski definition) is 2. The van der Waals surface area contributed by atoms with Crippen molar-refractivity contribution < 1.29 is 28.8 Å². The van der Waals surface area contributed by atoms with E-state index in [-0.39, 0.29) is 11.8 Å².